The monoisotopic (exact) mass is 522 g/mol. The van der Waals surface area contributed by atoms with Crippen molar-refractivity contribution in [2.45, 2.75) is 32.0 Å². The zero-order chi connectivity index (χ0) is 26.2. The van der Waals surface area contributed by atoms with Gasteiger partial charge in [-0.15, -0.1) is 0 Å². The molecular weight excluding hydrogens is 495 g/mol. The summed E-state index contributed by atoms with van der Waals surface area (Å²) in [6, 6.07) is 7.11. The van der Waals surface area contributed by atoms with Gasteiger partial charge in [0.15, 0.2) is 23.7 Å². The molecule has 4 aromatic rings. The van der Waals surface area contributed by atoms with E-state index >= 15 is 0 Å². The Morgan fingerprint density at radius 1 is 1.18 bits per heavy atom. The number of likely N-dealkylation sites (tertiary alicyclic amines) is 1. The Morgan fingerprint density at radius 3 is 2.84 bits per heavy atom. The van der Waals surface area contributed by atoms with Crippen molar-refractivity contribution in [2.75, 3.05) is 38.7 Å². The van der Waals surface area contributed by atoms with Crippen molar-refractivity contribution in [1.82, 2.24) is 24.9 Å². The SMILES string of the molecule is COc1ccc2c3conc3c(=O)n(CCN3CCC(NCc4nc5c(cc4F)OCC(=O)N5)CC3)c2c1. The normalized spacial score (nSPS) is 16.4. The molecule has 0 bridgehead atoms. The zero-order valence-electron chi connectivity index (χ0n) is 20.8. The van der Waals surface area contributed by atoms with Crippen LogP contribution in [0.15, 0.2) is 39.8 Å². The second-order valence-electron chi connectivity index (χ2n) is 9.51. The van der Waals surface area contributed by atoms with E-state index in [1.54, 1.807) is 11.7 Å². The van der Waals surface area contributed by atoms with Crippen LogP contribution in [-0.2, 0) is 17.9 Å². The Bertz CT molecular complexity index is 1580. The van der Waals surface area contributed by atoms with Crippen molar-refractivity contribution >= 4 is 33.5 Å². The van der Waals surface area contributed by atoms with Crippen molar-refractivity contribution in [3.8, 4) is 11.5 Å². The molecule has 1 saturated heterocycles. The molecule has 0 saturated carbocycles. The van der Waals surface area contributed by atoms with E-state index in [4.69, 9.17) is 14.0 Å². The molecule has 12 heteroatoms. The van der Waals surface area contributed by atoms with E-state index in [2.05, 4.69) is 25.7 Å². The molecule has 2 aliphatic heterocycles. The van der Waals surface area contributed by atoms with Gasteiger partial charge in [0.2, 0.25) is 0 Å². The maximum Gasteiger partial charge on any atom is 0.281 e. The first-order valence-corrected chi connectivity index (χ1v) is 12.5. The summed E-state index contributed by atoms with van der Waals surface area (Å²) in [5.74, 6) is 0.389. The predicted molar refractivity (Wildman–Crippen MR) is 137 cm³/mol. The summed E-state index contributed by atoms with van der Waals surface area (Å²) in [6.45, 7) is 2.98. The average molecular weight is 523 g/mol. The molecule has 5 heterocycles. The number of hydrogen-bond acceptors (Lipinski definition) is 9. The minimum absolute atomic E-state index is 0.141. The molecule has 2 aliphatic rings. The third kappa shape index (κ3) is 4.56. The molecule has 198 valence electrons. The highest BCUT2D eigenvalue weighted by Crippen LogP contribution is 2.28. The predicted octanol–water partition coefficient (Wildman–Crippen LogP) is 2.27. The molecule has 0 radical (unpaired) electrons. The highest BCUT2D eigenvalue weighted by Gasteiger charge is 2.23. The first-order chi connectivity index (χ1) is 18.5. The van der Waals surface area contributed by atoms with Gasteiger partial charge < -0.3 is 34.1 Å². The number of carbonyl (C=O) groups is 1. The quantitative estimate of drug-likeness (QED) is 0.376. The number of halogens is 1. The highest BCUT2D eigenvalue weighted by molar-refractivity contribution is 6.04. The van der Waals surface area contributed by atoms with Crippen molar-refractivity contribution < 1.29 is 23.2 Å². The Balaban J connectivity index is 1.09. The number of nitrogens with one attached hydrogen (secondary N) is 2. The van der Waals surface area contributed by atoms with Crippen LogP contribution in [0.5, 0.6) is 11.5 Å². The highest BCUT2D eigenvalue weighted by atomic mass is 19.1. The van der Waals surface area contributed by atoms with E-state index < -0.39 is 5.82 Å². The summed E-state index contributed by atoms with van der Waals surface area (Å²) in [7, 11) is 1.60. The zero-order valence-corrected chi connectivity index (χ0v) is 20.8. The summed E-state index contributed by atoms with van der Waals surface area (Å²) >= 11 is 0. The van der Waals surface area contributed by atoms with Crippen molar-refractivity contribution in [3.63, 3.8) is 0 Å². The van der Waals surface area contributed by atoms with Crippen LogP contribution < -0.4 is 25.7 Å². The molecule has 1 amide bonds. The molecule has 38 heavy (non-hydrogen) atoms. The van der Waals surface area contributed by atoms with E-state index in [1.165, 1.54) is 12.3 Å². The smallest absolute Gasteiger partial charge is 0.281 e. The van der Waals surface area contributed by atoms with Crippen LogP contribution in [0.3, 0.4) is 0 Å². The maximum atomic E-state index is 14.5. The molecule has 11 nitrogen and oxygen atoms in total. The summed E-state index contributed by atoms with van der Waals surface area (Å²) in [6.07, 6.45) is 3.25. The first-order valence-electron chi connectivity index (χ1n) is 12.5. The van der Waals surface area contributed by atoms with Crippen LogP contribution in [0.2, 0.25) is 0 Å². The van der Waals surface area contributed by atoms with Gasteiger partial charge in [-0.3, -0.25) is 9.59 Å². The van der Waals surface area contributed by atoms with E-state index in [9.17, 15) is 14.0 Å². The summed E-state index contributed by atoms with van der Waals surface area (Å²) < 4.78 is 31.9. The number of fused-ring (bicyclic) bond motifs is 4. The molecule has 1 fully saturated rings. The molecule has 6 rings (SSSR count). The minimum atomic E-state index is -0.469. The number of amides is 1. The lowest BCUT2D eigenvalue weighted by molar-refractivity contribution is -0.118. The van der Waals surface area contributed by atoms with Gasteiger partial charge in [0.25, 0.3) is 11.5 Å². The summed E-state index contributed by atoms with van der Waals surface area (Å²) in [4.78, 5) is 31.3. The second kappa shape index (κ2) is 10.0. The summed E-state index contributed by atoms with van der Waals surface area (Å²) in [5, 5.41) is 11.5. The number of nitrogens with zero attached hydrogens (tertiary/aromatic N) is 4. The van der Waals surface area contributed by atoms with E-state index in [0.29, 0.717) is 29.7 Å². The Morgan fingerprint density at radius 2 is 2.03 bits per heavy atom. The van der Waals surface area contributed by atoms with Crippen LogP contribution in [0.1, 0.15) is 18.5 Å². The van der Waals surface area contributed by atoms with Gasteiger partial charge in [-0.25, -0.2) is 9.37 Å². The number of piperidine rings is 1. The lowest BCUT2D eigenvalue weighted by Crippen LogP contribution is -2.43. The number of aromatic nitrogens is 3. The van der Waals surface area contributed by atoms with Crippen LogP contribution in [-0.4, -0.2) is 64.9 Å². The Hall–Kier alpha value is -4.03. The third-order valence-corrected chi connectivity index (χ3v) is 7.22. The number of ether oxygens (including phenoxy) is 2. The fourth-order valence-electron chi connectivity index (χ4n) is 5.12. The number of anilines is 1. The maximum absolute atomic E-state index is 14.5. The van der Waals surface area contributed by atoms with Gasteiger partial charge >= 0.3 is 0 Å². The van der Waals surface area contributed by atoms with Gasteiger partial charge in [-0.1, -0.05) is 5.16 Å². The van der Waals surface area contributed by atoms with Crippen molar-refractivity contribution in [2.24, 2.45) is 0 Å². The Kier molecular flexibility index (Phi) is 6.42. The lowest BCUT2D eigenvalue weighted by atomic mass is 10.0. The largest absolute Gasteiger partial charge is 0.497 e. The Labute approximate surface area is 216 Å². The average Bonchev–Trinajstić information content (AvgIpc) is 3.43. The first kappa shape index (κ1) is 24.3. The topological polar surface area (TPSA) is 124 Å². The molecule has 1 aromatic carbocycles. The lowest BCUT2D eigenvalue weighted by Gasteiger charge is -2.32. The second-order valence-corrected chi connectivity index (χ2v) is 9.51. The number of benzene rings is 1. The number of hydrogen-bond donors (Lipinski definition) is 2. The third-order valence-electron chi connectivity index (χ3n) is 7.22. The van der Waals surface area contributed by atoms with Gasteiger partial charge in [-0.05, 0) is 38.1 Å². The standard InChI is InChI=1S/C26H27FN6O5/c1-36-16-2-3-17-18-13-38-31-24(18)26(35)33(21(17)10-16)9-8-32-6-4-15(5-7-32)28-12-20-19(27)11-22-25(29-20)30-23(34)14-37-22/h2-3,10-11,13,15,28H,4-9,12,14H2,1H3,(H,29,30,34). The number of rotatable bonds is 7. The number of carbonyl (C=O) groups excluding carboxylic acids is 1. The molecule has 0 aliphatic carbocycles. The van der Waals surface area contributed by atoms with E-state index in [0.717, 1.165) is 36.8 Å². The van der Waals surface area contributed by atoms with Gasteiger partial charge in [-0.2, -0.15) is 0 Å². The molecular formula is C26H27FN6O5. The molecule has 0 atom stereocenters. The van der Waals surface area contributed by atoms with Crippen molar-refractivity contribution in [3.05, 3.63) is 52.4 Å². The minimum Gasteiger partial charge on any atom is -0.497 e. The van der Waals surface area contributed by atoms with Gasteiger partial charge in [0.05, 0.1) is 23.7 Å². The van der Waals surface area contributed by atoms with Crippen LogP contribution >= 0.6 is 0 Å². The fourth-order valence-corrected chi connectivity index (χ4v) is 5.12. The molecule has 0 spiro atoms. The van der Waals surface area contributed by atoms with Crippen LogP contribution in [0, 0.1) is 5.82 Å². The van der Waals surface area contributed by atoms with Crippen LogP contribution in [0.25, 0.3) is 21.8 Å². The van der Waals surface area contributed by atoms with Crippen molar-refractivity contribution in [1.29, 1.82) is 0 Å². The molecule has 0 unspecified atom stereocenters. The molecule has 2 N–H and O–H groups in total. The fraction of sp³-hybridized carbons (Fsp3) is 0.385. The van der Waals surface area contributed by atoms with Gasteiger partial charge in [0, 0.05) is 43.2 Å². The van der Waals surface area contributed by atoms with Gasteiger partial charge in [0.1, 0.15) is 17.8 Å². The van der Waals surface area contributed by atoms with E-state index in [-0.39, 0.29) is 47.9 Å². The number of methoxy groups -OCH3 is 1. The summed E-state index contributed by atoms with van der Waals surface area (Å²) in [5.41, 5.74) is 1.15. The molecule has 3 aromatic heterocycles. The van der Waals surface area contributed by atoms with Crippen LogP contribution in [0.4, 0.5) is 10.2 Å². The van der Waals surface area contributed by atoms with E-state index in [1.807, 2.05) is 18.2 Å². The number of pyridine rings is 2.